The summed E-state index contributed by atoms with van der Waals surface area (Å²) < 4.78 is 10.9. The molecule has 0 heterocycles. The predicted molar refractivity (Wildman–Crippen MR) is 81.2 cm³/mol. The molecule has 3 atom stereocenters. The van der Waals surface area contributed by atoms with Gasteiger partial charge in [0.25, 0.3) is 0 Å². The quantitative estimate of drug-likeness (QED) is 0.335. The van der Waals surface area contributed by atoms with Crippen molar-refractivity contribution in [3.05, 3.63) is 12.2 Å². The van der Waals surface area contributed by atoms with Gasteiger partial charge >= 0.3 is 0 Å². The average Bonchev–Trinajstić information content (AvgIpc) is 2.38. The molecule has 0 N–H and O–H groups in total. The number of unbranched alkanes of at least 4 members (excludes halogenated alkanes) is 2. The Hall–Kier alpha value is -0.340. The van der Waals surface area contributed by atoms with Gasteiger partial charge in [-0.3, -0.25) is 0 Å². The van der Waals surface area contributed by atoms with Crippen molar-refractivity contribution in [3.63, 3.8) is 0 Å². The molecular formula is C17H32O2. The Labute approximate surface area is 119 Å². The van der Waals surface area contributed by atoms with E-state index in [2.05, 4.69) is 19.1 Å². The van der Waals surface area contributed by atoms with E-state index in [-0.39, 0.29) is 6.29 Å². The molecule has 0 saturated heterocycles. The highest BCUT2D eigenvalue weighted by Crippen LogP contribution is 2.29. The third kappa shape index (κ3) is 8.43. The van der Waals surface area contributed by atoms with Gasteiger partial charge in [-0.15, -0.1) is 0 Å². The summed E-state index contributed by atoms with van der Waals surface area (Å²) in [6, 6.07) is 0. The Balaban J connectivity index is 1.95. The van der Waals surface area contributed by atoms with Crippen molar-refractivity contribution in [1.82, 2.24) is 0 Å². The Bertz CT molecular complexity index is 237. The highest BCUT2D eigenvalue weighted by Gasteiger charge is 2.15. The van der Waals surface area contributed by atoms with Crippen LogP contribution in [-0.2, 0) is 9.47 Å². The van der Waals surface area contributed by atoms with Crippen molar-refractivity contribution in [2.45, 2.75) is 72.0 Å². The van der Waals surface area contributed by atoms with Crippen LogP contribution in [0.25, 0.3) is 0 Å². The first kappa shape index (κ1) is 16.7. The van der Waals surface area contributed by atoms with Crippen molar-refractivity contribution < 1.29 is 9.47 Å². The zero-order valence-corrected chi connectivity index (χ0v) is 13.1. The Kier molecular flexibility index (Phi) is 9.19. The zero-order valence-electron chi connectivity index (χ0n) is 13.1. The van der Waals surface area contributed by atoms with Crippen molar-refractivity contribution in [1.29, 1.82) is 0 Å². The van der Waals surface area contributed by atoms with Crippen LogP contribution in [0, 0.1) is 11.8 Å². The first-order valence-electron chi connectivity index (χ1n) is 8.12. The lowest BCUT2D eigenvalue weighted by Crippen LogP contribution is -2.13. The van der Waals surface area contributed by atoms with E-state index >= 15 is 0 Å². The molecule has 0 aromatic carbocycles. The number of hydrogen-bond donors (Lipinski definition) is 0. The molecule has 0 bridgehead atoms. The summed E-state index contributed by atoms with van der Waals surface area (Å²) in [5, 5.41) is 0. The molecule has 1 aliphatic carbocycles. The number of allylic oxidation sites excluding steroid dienone is 2. The fourth-order valence-corrected chi connectivity index (χ4v) is 2.84. The Morgan fingerprint density at radius 2 is 2.05 bits per heavy atom. The number of ether oxygens (including phenoxy) is 2. The summed E-state index contributed by atoms with van der Waals surface area (Å²) in [4.78, 5) is 0. The fourth-order valence-electron chi connectivity index (χ4n) is 2.84. The molecule has 112 valence electrons. The van der Waals surface area contributed by atoms with Crippen LogP contribution >= 0.6 is 0 Å². The van der Waals surface area contributed by atoms with E-state index in [0.717, 1.165) is 31.5 Å². The smallest absolute Gasteiger partial charge is 0.154 e. The lowest BCUT2D eigenvalue weighted by Gasteiger charge is -2.24. The average molecular weight is 268 g/mol. The molecule has 2 heteroatoms. The van der Waals surface area contributed by atoms with Crippen LogP contribution in [-0.4, -0.2) is 19.5 Å². The van der Waals surface area contributed by atoms with Crippen LogP contribution < -0.4 is 0 Å². The molecule has 1 fully saturated rings. The second kappa shape index (κ2) is 10.4. The van der Waals surface area contributed by atoms with E-state index < -0.39 is 0 Å². The Morgan fingerprint density at radius 3 is 2.79 bits per heavy atom. The van der Waals surface area contributed by atoms with Crippen LogP contribution in [0.3, 0.4) is 0 Å². The molecule has 3 unspecified atom stereocenters. The molecule has 1 saturated carbocycles. The SMILES string of the molecule is CCOC(C)OCCCC/C=C\C1CCCC(C)C1. The second-order valence-electron chi connectivity index (χ2n) is 5.85. The molecular weight excluding hydrogens is 236 g/mol. The molecule has 19 heavy (non-hydrogen) atoms. The third-order valence-electron chi connectivity index (χ3n) is 3.90. The fraction of sp³-hybridized carbons (Fsp3) is 0.882. The monoisotopic (exact) mass is 268 g/mol. The van der Waals surface area contributed by atoms with Crippen molar-refractivity contribution in [3.8, 4) is 0 Å². The zero-order chi connectivity index (χ0) is 13.9. The molecule has 0 radical (unpaired) electrons. The molecule has 0 spiro atoms. The standard InChI is InChI=1S/C17H32O2/c1-4-18-16(3)19-13-8-6-5-7-11-17-12-9-10-15(2)14-17/h7,11,15-17H,4-6,8-10,12-14H2,1-3H3/b11-7-. The van der Waals surface area contributed by atoms with Gasteiger partial charge in [0, 0.05) is 13.2 Å². The third-order valence-corrected chi connectivity index (χ3v) is 3.90. The normalized spacial score (nSPS) is 25.8. The van der Waals surface area contributed by atoms with Crippen molar-refractivity contribution in [2.75, 3.05) is 13.2 Å². The molecule has 0 aliphatic heterocycles. The molecule has 0 amide bonds. The minimum absolute atomic E-state index is 0.0516. The minimum Gasteiger partial charge on any atom is -0.353 e. The number of rotatable bonds is 9. The summed E-state index contributed by atoms with van der Waals surface area (Å²) in [5.41, 5.74) is 0. The lowest BCUT2D eigenvalue weighted by molar-refractivity contribution is -0.127. The van der Waals surface area contributed by atoms with Gasteiger partial charge in [-0.25, -0.2) is 0 Å². The molecule has 1 rings (SSSR count). The van der Waals surface area contributed by atoms with Crippen LogP contribution in [0.4, 0.5) is 0 Å². The van der Waals surface area contributed by atoms with Gasteiger partial charge in [0.05, 0.1) is 0 Å². The van der Waals surface area contributed by atoms with E-state index in [9.17, 15) is 0 Å². The minimum atomic E-state index is -0.0516. The Morgan fingerprint density at radius 1 is 1.21 bits per heavy atom. The van der Waals surface area contributed by atoms with Gasteiger partial charge in [-0.05, 0) is 57.8 Å². The van der Waals surface area contributed by atoms with Crippen molar-refractivity contribution >= 4 is 0 Å². The van der Waals surface area contributed by atoms with E-state index in [1.54, 1.807) is 0 Å². The summed E-state index contributed by atoms with van der Waals surface area (Å²) >= 11 is 0. The van der Waals surface area contributed by atoms with Gasteiger partial charge < -0.3 is 9.47 Å². The second-order valence-corrected chi connectivity index (χ2v) is 5.85. The largest absolute Gasteiger partial charge is 0.353 e. The van der Waals surface area contributed by atoms with Crippen molar-refractivity contribution in [2.24, 2.45) is 11.8 Å². The molecule has 0 aromatic heterocycles. The van der Waals surface area contributed by atoms with Gasteiger partial charge in [-0.1, -0.05) is 31.9 Å². The molecule has 0 aromatic rings. The summed E-state index contributed by atoms with van der Waals surface area (Å²) in [6.07, 6.45) is 14.0. The van der Waals surface area contributed by atoms with Crippen LogP contribution in [0.5, 0.6) is 0 Å². The van der Waals surface area contributed by atoms with Gasteiger partial charge in [0.15, 0.2) is 6.29 Å². The highest BCUT2D eigenvalue weighted by molar-refractivity contribution is 4.90. The van der Waals surface area contributed by atoms with E-state index in [1.807, 2.05) is 13.8 Å². The maximum Gasteiger partial charge on any atom is 0.154 e. The predicted octanol–water partition coefficient (Wildman–Crippen LogP) is 4.94. The topological polar surface area (TPSA) is 18.5 Å². The molecule has 1 aliphatic rings. The first-order chi connectivity index (χ1) is 9.22. The van der Waals surface area contributed by atoms with Gasteiger partial charge in [-0.2, -0.15) is 0 Å². The van der Waals surface area contributed by atoms with Gasteiger partial charge in [0.2, 0.25) is 0 Å². The van der Waals surface area contributed by atoms with E-state index in [4.69, 9.17) is 9.47 Å². The van der Waals surface area contributed by atoms with Crippen LogP contribution in [0.1, 0.15) is 65.7 Å². The van der Waals surface area contributed by atoms with Crippen LogP contribution in [0.2, 0.25) is 0 Å². The lowest BCUT2D eigenvalue weighted by atomic mass is 9.82. The first-order valence-corrected chi connectivity index (χ1v) is 8.12. The van der Waals surface area contributed by atoms with Crippen LogP contribution in [0.15, 0.2) is 12.2 Å². The highest BCUT2D eigenvalue weighted by atomic mass is 16.7. The maximum atomic E-state index is 5.55. The molecule has 2 nitrogen and oxygen atoms in total. The summed E-state index contributed by atoms with van der Waals surface area (Å²) in [7, 11) is 0. The van der Waals surface area contributed by atoms with Gasteiger partial charge in [0.1, 0.15) is 0 Å². The summed E-state index contributed by atoms with van der Waals surface area (Å²) in [6.45, 7) is 7.89. The maximum absolute atomic E-state index is 5.55. The van der Waals surface area contributed by atoms with E-state index in [1.165, 1.54) is 38.5 Å². The van der Waals surface area contributed by atoms with E-state index in [0.29, 0.717) is 0 Å². The summed E-state index contributed by atoms with van der Waals surface area (Å²) in [5.74, 6) is 1.77. The number of hydrogen-bond acceptors (Lipinski definition) is 2.